The highest BCUT2D eigenvalue weighted by atomic mass is 16.5. The molecule has 3 aromatic carbocycles. The highest BCUT2D eigenvalue weighted by Gasteiger charge is 2.15. The van der Waals surface area contributed by atoms with Crippen LogP contribution in [0.4, 0.5) is 0 Å². The van der Waals surface area contributed by atoms with Gasteiger partial charge in [-0.3, -0.25) is 4.90 Å². The molecule has 184 valence electrons. The van der Waals surface area contributed by atoms with Crippen LogP contribution >= 0.6 is 0 Å². The Hall–Kier alpha value is -3.12. The van der Waals surface area contributed by atoms with Crippen LogP contribution in [0.2, 0.25) is 0 Å². The van der Waals surface area contributed by atoms with Crippen molar-refractivity contribution in [3.05, 3.63) is 95.6 Å². The van der Waals surface area contributed by atoms with Crippen molar-refractivity contribution in [3.8, 4) is 11.5 Å². The number of piperazine rings is 1. The van der Waals surface area contributed by atoms with E-state index in [-0.39, 0.29) is 12.4 Å². The smallest absolute Gasteiger partial charge is 0.119 e. The van der Waals surface area contributed by atoms with Crippen LogP contribution in [0.5, 0.6) is 11.5 Å². The highest BCUT2D eigenvalue weighted by Crippen LogP contribution is 2.36. The van der Waals surface area contributed by atoms with Gasteiger partial charge >= 0.3 is 0 Å². The molecule has 1 aliphatic rings. The normalized spacial score (nSPS) is 15.6. The fourth-order valence-corrected chi connectivity index (χ4v) is 4.53. The molecule has 0 unspecified atom stereocenters. The molecule has 0 spiro atoms. The van der Waals surface area contributed by atoms with E-state index in [1.165, 1.54) is 5.57 Å². The summed E-state index contributed by atoms with van der Waals surface area (Å²) >= 11 is 0. The number of ether oxygens (including phenoxy) is 1. The largest absolute Gasteiger partial charge is 0.508 e. The van der Waals surface area contributed by atoms with Gasteiger partial charge in [-0.05, 0) is 72.0 Å². The Morgan fingerprint density at radius 3 is 2.06 bits per heavy atom. The zero-order valence-corrected chi connectivity index (χ0v) is 20.6. The van der Waals surface area contributed by atoms with Crippen molar-refractivity contribution in [2.45, 2.75) is 12.8 Å². The topological polar surface area (TPSA) is 56.2 Å². The molecule has 2 N–H and O–H groups in total. The molecule has 1 fully saturated rings. The second-order valence-corrected chi connectivity index (χ2v) is 9.11. The number of likely N-dealkylation sites (N-methyl/N-ethyl adjacent to an activating group) is 1. The van der Waals surface area contributed by atoms with Gasteiger partial charge in [-0.1, -0.05) is 54.6 Å². The summed E-state index contributed by atoms with van der Waals surface area (Å²) in [5, 5.41) is 19.4. The molecule has 35 heavy (non-hydrogen) atoms. The van der Waals surface area contributed by atoms with Crippen molar-refractivity contribution in [3.63, 3.8) is 0 Å². The molecule has 3 aromatic rings. The Bertz CT molecular complexity index is 1070. The second kappa shape index (κ2) is 12.5. The van der Waals surface area contributed by atoms with Gasteiger partial charge < -0.3 is 19.8 Å². The lowest BCUT2D eigenvalue weighted by atomic mass is 9.87. The van der Waals surface area contributed by atoms with Crippen molar-refractivity contribution in [2.24, 2.45) is 0 Å². The molecular formula is C30H36N2O3. The van der Waals surface area contributed by atoms with Crippen molar-refractivity contribution in [1.29, 1.82) is 0 Å². The predicted octanol–water partition coefficient (Wildman–Crippen LogP) is 4.75. The third kappa shape index (κ3) is 6.95. The molecule has 1 saturated heterocycles. The quantitative estimate of drug-likeness (QED) is 0.417. The maximum Gasteiger partial charge on any atom is 0.119 e. The molecule has 1 aliphatic heterocycles. The highest BCUT2D eigenvalue weighted by molar-refractivity contribution is 5.98. The lowest BCUT2D eigenvalue weighted by Gasteiger charge is -2.32. The van der Waals surface area contributed by atoms with E-state index >= 15 is 0 Å². The van der Waals surface area contributed by atoms with Crippen molar-refractivity contribution in [1.82, 2.24) is 9.80 Å². The number of benzene rings is 3. The maximum atomic E-state index is 9.86. The fraction of sp³-hybridized carbons (Fsp3) is 0.333. The minimum Gasteiger partial charge on any atom is -0.508 e. The van der Waals surface area contributed by atoms with Crippen molar-refractivity contribution in [2.75, 3.05) is 53.0 Å². The van der Waals surface area contributed by atoms with E-state index < -0.39 is 0 Å². The first-order valence-corrected chi connectivity index (χ1v) is 12.5. The summed E-state index contributed by atoms with van der Waals surface area (Å²) in [4.78, 5) is 4.81. The maximum absolute atomic E-state index is 9.86. The second-order valence-electron chi connectivity index (χ2n) is 9.11. The van der Waals surface area contributed by atoms with Gasteiger partial charge in [0.2, 0.25) is 0 Å². The summed E-state index contributed by atoms with van der Waals surface area (Å²) in [6, 6.07) is 26.0. The zero-order valence-electron chi connectivity index (χ0n) is 20.6. The van der Waals surface area contributed by atoms with Crippen LogP contribution in [0.15, 0.2) is 78.9 Å². The Kier molecular flexibility index (Phi) is 8.96. The van der Waals surface area contributed by atoms with E-state index in [2.05, 4.69) is 41.1 Å². The lowest BCUT2D eigenvalue weighted by molar-refractivity contribution is 0.134. The number of rotatable bonds is 10. The Labute approximate surface area is 208 Å². The Balaban J connectivity index is 1.58. The first kappa shape index (κ1) is 25.0. The van der Waals surface area contributed by atoms with E-state index in [9.17, 15) is 10.2 Å². The van der Waals surface area contributed by atoms with E-state index in [0.29, 0.717) is 13.0 Å². The zero-order chi connectivity index (χ0) is 24.5. The molecule has 4 rings (SSSR count). The molecule has 0 radical (unpaired) electrons. The van der Waals surface area contributed by atoms with E-state index in [4.69, 9.17) is 4.74 Å². The van der Waals surface area contributed by atoms with Crippen molar-refractivity contribution < 1.29 is 14.9 Å². The van der Waals surface area contributed by atoms with Crippen LogP contribution in [0.3, 0.4) is 0 Å². The molecule has 0 amide bonds. The molecule has 1 heterocycles. The van der Waals surface area contributed by atoms with Gasteiger partial charge in [0.1, 0.15) is 18.1 Å². The predicted molar refractivity (Wildman–Crippen MR) is 143 cm³/mol. The van der Waals surface area contributed by atoms with E-state index in [0.717, 1.165) is 67.2 Å². The molecule has 0 saturated carbocycles. The lowest BCUT2D eigenvalue weighted by Crippen LogP contribution is -2.45. The summed E-state index contributed by atoms with van der Waals surface area (Å²) in [5.74, 6) is 1.11. The first-order chi connectivity index (χ1) is 17.1. The average Bonchev–Trinajstić information content (AvgIpc) is 2.90. The standard InChI is InChI=1S/C30H36N2O3/c1-31-17-19-32(20-18-31)21-23-35-28-15-11-26(12-16-28)30(25-9-13-27(34)14-10-25)29(8-5-22-33)24-6-3-2-4-7-24/h2-4,6-7,9-16,33-34H,5,8,17-23H2,1H3. The first-order valence-electron chi connectivity index (χ1n) is 12.5. The minimum atomic E-state index is 0.138. The van der Waals surface area contributed by atoms with E-state index in [1.54, 1.807) is 12.1 Å². The SMILES string of the molecule is CN1CCN(CCOc2ccc(C(=C(CCCO)c3ccccc3)c3ccc(O)cc3)cc2)CC1. The molecular weight excluding hydrogens is 436 g/mol. The molecule has 0 aromatic heterocycles. The van der Waals surface area contributed by atoms with Gasteiger partial charge in [0.05, 0.1) is 0 Å². The average molecular weight is 473 g/mol. The van der Waals surface area contributed by atoms with Crippen LogP contribution in [0.25, 0.3) is 11.1 Å². The van der Waals surface area contributed by atoms with Gasteiger partial charge in [-0.25, -0.2) is 0 Å². The molecule has 0 bridgehead atoms. The number of hydrogen-bond acceptors (Lipinski definition) is 5. The fourth-order valence-electron chi connectivity index (χ4n) is 4.53. The number of allylic oxidation sites excluding steroid dienone is 1. The van der Waals surface area contributed by atoms with Gasteiger partial charge in [0.25, 0.3) is 0 Å². The van der Waals surface area contributed by atoms with Crippen LogP contribution in [0, 0.1) is 0 Å². The molecule has 5 nitrogen and oxygen atoms in total. The van der Waals surface area contributed by atoms with Gasteiger partial charge in [0, 0.05) is 39.3 Å². The van der Waals surface area contributed by atoms with Crippen LogP contribution < -0.4 is 4.74 Å². The summed E-state index contributed by atoms with van der Waals surface area (Å²) in [5.41, 5.74) is 5.53. The van der Waals surface area contributed by atoms with Gasteiger partial charge in [-0.2, -0.15) is 0 Å². The summed E-state index contributed by atoms with van der Waals surface area (Å²) < 4.78 is 6.06. The Morgan fingerprint density at radius 1 is 0.800 bits per heavy atom. The molecule has 0 atom stereocenters. The van der Waals surface area contributed by atoms with Crippen molar-refractivity contribution >= 4 is 11.1 Å². The third-order valence-electron chi connectivity index (χ3n) is 6.58. The number of aliphatic hydroxyl groups excluding tert-OH is 1. The van der Waals surface area contributed by atoms with Crippen LogP contribution in [0.1, 0.15) is 29.5 Å². The van der Waals surface area contributed by atoms with Gasteiger partial charge in [0.15, 0.2) is 0 Å². The molecule has 5 heteroatoms. The van der Waals surface area contributed by atoms with Crippen LogP contribution in [-0.4, -0.2) is 73.0 Å². The summed E-state index contributed by atoms with van der Waals surface area (Å²) in [6.07, 6.45) is 1.43. The number of aliphatic hydroxyl groups is 1. The van der Waals surface area contributed by atoms with Gasteiger partial charge in [-0.15, -0.1) is 0 Å². The minimum absolute atomic E-state index is 0.138. The number of aromatic hydroxyl groups is 1. The van der Waals surface area contributed by atoms with Crippen LogP contribution in [-0.2, 0) is 0 Å². The number of phenolic OH excluding ortho intramolecular Hbond substituents is 1. The Morgan fingerprint density at radius 2 is 1.43 bits per heavy atom. The van der Waals surface area contributed by atoms with E-state index in [1.807, 2.05) is 42.5 Å². The number of hydrogen-bond donors (Lipinski definition) is 2. The number of phenols is 1. The monoisotopic (exact) mass is 472 g/mol. The third-order valence-corrected chi connectivity index (χ3v) is 6.58. The summed E-state index contributed by atoms with van der Waals surface area (Å²) in [7, 11) is 2.17. The number of nitrogens with zero attached hydrogens (tertiary/aromatic N) is 2. The summed E-state index contributed by atoms with van der Waals surface area (Å²) in [6.45, 7) is 6.16. The molecule has 0 aliphatic carbocycles.